The fourth-order valence-corrected chi connectivity index (χ4v) is 1.03. The second-order valence-electron chi connectivity index (χ2n) is 2.88. The third-order valence-electron chi connectivity index (χ3n) is 1.73. The number of carbonyl (C=O) groups excluding carboxylic acids is 1. The van der Waals surface area contributed by atoms with Crippen molar-refractivity contribution in [1.82, 2.24) is 5.32 Å². The lowest BCUT2D eigenvalue weighted by Crippen LogP contribution is -2.23. The van der Waals surface area contributed by atoms with Crippen LogP contribution in [0, 0.1) is 6.92 Å². The molecular weight excluding hydrogens is 166 g/mol. The van der Waals surface area contributed by atoms with Crippen LogP contribution in [0.4, 0.5) is 0 Å². The van der Waals surface area contributed by atoms with Crippen LogP contribution in [0.2, 0.25) is 0 Å². The van der Waals surface area contributed by atoms with E-state index in [0.717, 1.165) is 11.5 Å². The molecule has 0 aromatic carbocycles. The van der Waals surface area contributed by atoms with Gasteiger partial charge >= 0.3 is 0 Å². The quantitative estimate of drug-likeness (QED) is 0.720. The summed E-state index contributed by atoms with van der Waals surface area (Å²) >= 11 is 0. The molecule has 3 nitrogen and oxygen atoms in total. The summed E-state index contributed by atoms with van der Waals surface area (Å²) in [6.07, 6.45) is 1.24. The monoisotopic (exact) mass is 179 g/mol. The van der Waals surface area contributed by atoms with E-state index in [0.29, 0.717) is 0 Å². The van der Waals surface area contributed by atoms with Gasteiger partial charge in [-0.25, -0.2) is 0 Å². The number of hydrogen-bond donors (Lipinski definition) is 1. The highest BCUT2D eigenvalue weighted by Gasteiger charge is 2.10. The molecule has 1 aromatic heterocycles. The lowest BCUT2D eigenvalue weighted by molar-refractivity contribution is -0.117. The number of furan rings is 1. The Morgan fingerprint density at radius 1 is 1.69 bits per heavy atom. The van der Waals surface area contributed by atoms with Crippen LogP contribution >= 0.6 is 0 Å². The molecule has 1 heterocycles. The van der Waals surface area contributed by atoms with Gasteiger partial charge in [-0.2, -0.15) is 0 Å². The highest BCUT2D eigenvalue weighted by atomic mass is 16.3. The molecule has 3 heteroatoms. The Labute approximate surface area is 77.4 Å². The highest BCUT2D eigenvalue weighted by molar-refractivity contribution is 5.87. The molecule has 1 N–H and O–H groups in total. The SMILES string of the molecule is C=CC(=O)NC(C)c1ccc(C)o1. The Morgan fingerprint density at radius 3 is 2.85 bits per heavy atom. The molecule has 1 amide bonds. The fraction of sp³-hybridized carbons (Fsp3) is 0.300. The van der Waals surface area contributed by atoms with Gasteiger partial charge in [-0.3, -0.25) is 4.79 Å². The average Bonchev–Trinajstić information content (AvgIpc) is 2.51. The summed E-state index contributed by atoms with van der Waals surface area (Å²) < 4.78 is 5.34. The van der Waals surface area contributed by atoms with Gasteiger partial charge in [0.1, 0.15) is 11.5 Å². The minimum Gasteiger partial charge on any atom is -0.464 e. The van der Waals surface area contributed by atoms with Gasteiger partial charge in [-0.15, -0.1) is 0 Å². The first-order chi connectivity index (χ1) is 6.13. The van der Waals surface area contributed by atoms with E-state index in [4.69, 9.17) is 4.42 Å². The van der Waals surface area contributed by atoms with E-state index in [9.17, 15) is 4.79 Å². The van der Waals surface area contributed by atoms with E-state index in [-0.39, 0.29) is 11.9 Å². The zero-order valence-electron chi connectivity index (χ0n) is 7.83. The maximum absolute atomic E-state index is 10.9. The summed E-state index contributed by atoms with van der Waals surface area (Å²) in [6.45, 7) is 7.10. The molecule has 0 aliphatic heterocycles. The van der Waals surface area contributed by atoms with Crippen molar-refractivity contribution in [2.24, 2.45) is 0 Å². The Kier molecular flexibility index (Phi) is 2.90. The molecule has 0 radical (unpaired) electrons. The molecule has 1 aromatic rings. The molecule has 0 spiro atoms. The first kappa shape index (κ1) is 9.58. The predicted molar refractivity (Wildman–Crippen MR) is 50.2 cm³/mol. The summed E-state index contributed by atoms with van der Waals surface area (Å²) in [5, 5.41) is 2.71. The van der Waals surface area contributed by atoms with Crippen LogP contribution < -0.4 is 5.32 Å². The van der Waals surface area contributed by atoms with Gasteiger partial charge in [-0.05, 0) is 32.1 Å². The average molecular weight is 179 g/mol. The smallest absolute Gasteiger partial charge is 0.243 e. The lowest BCUT2D eigenvalue weighted by Gasteiger charge is -2.08. The molecule has 1 unspecified atom stereocenters. The normalized spacial score (nSPS) is 12.2. The second-order valence-corrected chi connectivity index (χ2v) is 2.88. The summed E-state index contributed by atoms with van der Waals surface area (Å²) in [5.74, 6) is 1.41. The number of nitrogens with one attached hydrogen (secondary N) is 1. The van der Waals surface area contributed by atoms with Crippen LogP contribution in [-0.2, 0) is 4.79 Å². The van der Waals surface area contributed by atoms with Crippen LogP contribution in [0.15, 0.2) is 29.2 Å². The molecule has 0 bridgehead atoms. The first-order valence-electron chi connectivity index (χ1n) is 4.12. The molecule has 0 fully saturated rings. The van der Waals surface area contributed by atoms with Crippen molar-refractivity contribution < 1.29 is 9.21 Å². The van der Waals surface area contributed by atoms with E-state index in [2.05, 4.69) is 11.9 Å². The van der Waals surface area contributed by atoms with Crippen LogP contribution in [0.25, 0.3) is 0 Å². The van der Waals surface area contributed by atoms with Crippen LogP contribution in [0.1, 0.15) is 24.5 Å². The van der Waals surface area contributed by atoms with Crippen LogP contribution in [0.5, 0.6) is 0 Å². The topological polar surface area (TPSA) is 42.2 Å². The number of amides is 1. The molecular formula is C10H13NO2. The van der Waals surface area contributed by atoms with E-state index >= 15 is 0 Å². The molecule has 0 saturated carbocycles. The Bertz CT molecular complexity index is 314. The minimum atomic E-state index is -0.193. The number of carbonyl (C=O) groups is 1. The summed E-state index contributed by atoms with van der Waals surface area (Å²) in [5.41, 5.74) is 0. The number of hydrogen-bond acceptors (Lipinski definition) is 2. The zero-order valence-corrected chi connectivity index (χ0v) is 7.83. The summed E-state index contributed by atoms with van der Waals surface area (Å²) in [4.78, 5) is 10.9. The van der Waals surface area contributed by atoms with E-state index in [1.54, 1.807) is 0 Å². The standard InChI is InChI=1S/C10H13NO2/c1-4-10(12)11-8(3)9-6-5-7(2)13-9/h4-6,8H,1H2,2-3H3,(H,11,12). The third-order valence-corrected chi connectivity index (χ3v) is 1.73. The molecule has 0 aliphatic rings. The molecule has 70 valence electrons. The molecule has 13 heavy (non-hydrogen) atoms. The van der Waals surface area contributed by atoms with Gasteiger partial charge in [0.15, 0.2) is 0 Å². The van der Waals surface area contributed by atoms with Crippen molar-refractivity contribution >= 4 is 5.91 Å². The van der Waals surface area contributed by atoms with Gasteiger partial charge in [0.2, 0.25) is 5.91 Å². The molecule has 1 rings (SSSR count). The molecule has 1 atom stereocenters. The van der Waals surface area contributed by atoms with Crippen LogP contribution in [-0.4, -0.2) is 5.91 Å². The van der Waals surface area contributed by atoms with Crippen molar-refractivity contribution in [2.45, 2.75) is 19.9 Å². The lowest BCUT2D eigenvalue weighted by atomic mass is 10.2. The van der Waals surface area contributed by atoms with E-state index in [1.165, 1.54) is 6.08 Å². The van der Waals surface area contributed by atoms with Crippen LogP contribution in [0.3, 0.4) is 0 Å². The van der Waals surface area contributed by atoms with E-state index < -0.39 is 0 Å². The van der Waals surface area contributed by atoms with Gasteiger partial charge in [0.05, 0.1) is 6.04 Å². The number of aryl methyl sites for hydroxylation is 1. The first-order valence-corrected chi connectivity index (χ1v) is 4.12. The largest absolute Gasteiger partial charge is 0.464 e. The minimum absolute atomic E-state index is 0.112. The Morgan fingerprint density at radius 2 is 2.38 bits per heavy atom. The van der Waals surface area contributed by atoms with Gasteiger partial charge in [0, 0.05) is 0 Å². The molecule has 0 saturated heterocycles. The maximum Gasteiger partial charge on any atom is 0.243 e. The predicted octanol–water partition coefficient (Wildman–Crippen LogP) is 1.95. The third kappa shape index (κ3) is 2.47. The second kappa shape index (κ2) is 3.94. The zero-order chi connectivity index (χ0) is 9.84. The van der Waals surface area contributed by atoms with Crippen molar-refractivity contribution in [1.29, 1.82) is 0 Å². The fourth-order valence-electron chi connectivity index (χ4n) is 1.03. The highest BCUT2D eigenvalue weighted by Crippen LogP contribution is 2.15. The van der Waals surface area contributed by atoms with Crippen molar-refractivity contribution in [3.63, 3.8) is 0 Å². The van der Waals surface area contributed by atoms with Gasteiger partial charge < -0.3 is 9.73 Å². The van der Waals surface area contributed by atoms with Crippen molar-refractivity contribution in [2.75, 3.05) is 0 Å². The van der Waals surface area contributed by atoms with Gasteiger partial charge in [-0.1, -0.05) is 6.58 Å². The number of rotatable bonds is 3. The maximum atomic E-state index is 10.9. The van der Waals surface area contributed by atoms with Crippen molar-refractivity contribution in [3.8, 4) is 0 Å². The Balaban J connectivity index is 2.63. The van der Waals surface area contributed by atoms with Gasteiger partial charge in [0.25, 0.3) is 0 Å². The summed E-state index contributed by atoms with van der Waals surface area (Å²) in [7, 11) is 0. The molecule has 0 aliphatic carbocycles. The Hall–Kier alpha value is -1.51. The van der Waals surface area contributed by atoms with Crippen molar-refractivity contribution in [3.05, 3.63) is 36.3 Å². The van der Waals surface area contributed by atoms with E-state index in [1.807, 2.05) is 26.0 Å². The summed E-state index contributed by atoms with van der Waals surface area (Å²) in [6, 6.07) is 3.61.